The molecule has 0 spiro atoms. The minimum absolute atomic E-state index is 0.289. The van der Waals surface area contributed by atoms with E-state index in [1.165, 1.54) is 17.7 Å². The Kier molecular flexibility index (Phi) is 3.30. The van der Waals surface area contributed by atoms with E-state index in [9.17, 15) is 4.39 Å². The second-order valence-corrected chi connectivity index (χ2v) is 4.96. The van der Waals surface area contributed by atoms with Gasteiger partial charge in [0, 0.05) is 18.0 Å². The standard InChI is InChI=1S/C15H13ClFNO/c16-13-7-11(17)5-6-14(13)18-8-10-9-19-15-4-2-1-3-12(10)15/h1-7,10,18H,8-9H2. The predicted molar refractivity (Wildman–Crippen MR) is 74.6 cm³/mol. The molecule has 2 aromatic rings. The van der Waals surface area contributed by atoms with Crippen LogP contribution < -0.4 is 10.1 Å². The fourth-order valence-electron chi connectivity index (χ4n) is 2.26. The number of hydrogen-bond donors (Lipinski definition) is 1. The average Bonchev–Trinajstić information content (AvgIpc) is 2.81. The number of para-hydroxylation sites is 1. The van der Waals surface area contributed by atoms with Crippen LogP contribution in [0.4, 0.5) is 10.1 Å². The van der Waals surface area contributed by atoms with Crippen LogP contribution >= 0.6 is 11.6 Å². The zero-order valence-electron chi connectivity index (χ0n) is 10.2. The Morgan fingerprint density at radius 2 is 2.11 bits per heavy atom. The molecule has 4 heteroatoms. The summed E-state index contributed by atoms with van der Waals surface area (Å²) in [5, 5.41) is 3.64. The van der Waals surface area contributed by atoms with Gasteiger partial charge in [-0.25, -0.2) is 4.39 Å². The molecule has 0 saturated carbocycles. The number of hydrogen-bond acceptors (Lipinski definition) is 2. The van der Waals surface area contributed by atoms with Crippen LogP contribution in [-0.4, -0.2) is 13.2 Å². The zero-order valence-corrected chi connectivity index (χ0v) is 11.0. The first-order valence-corrected chi connectivity index (χ1v) is 6.52. The van der Waals surface area contributed by atoms with Gasteiger partial charge in [0.1, 0.15) is 11.6 Å². The van der Waals surface area contributed by atoms with Gasteiger partial charge in [0.25, 0.3) is 0 Å². The molecule has 1 heterocycles. The van der Waals surface area contributed by atoms with Crippen LogP contribution in [0.25, 0.3) is 0 Å². The molecule has 2 nitrogen and oxygen atoms in total. The van der Waals surface area contributed by atoms with Gasteiger partial charge in [-0.2, -0.15) is 0 Å². The molecule has 1 aliphatic rings. The van der Waals surface area contributed by atoms with Gasteiger partial charge in [-0.3, -0.25) is 0 Å². The molecule has 3 rings (SSSR count). The van der Waals surface area contributed by atoms with Crippen molar-refractivity contribution in [3.8, 4) is 5.75 Å². The Morgan fingerprint density at radius 1 is 1.26 bits per heavy atom. The molecule has 0 aliphatic carbocycles. The molecular weight excluding hydrogens is 265 g/mol. The van der Waals surface area contributed by atoms with E-state index in [1.807, 2.05) is 18.2 Å². The van der Waals surface area contributed by atoms with Crippen molar-refractivity contribution < 1.29 is 9.13 Å². The van der Waals surface area contributed by atoms with E-state index in [0.717, 1.165) is 11.4 Å². The summed E-state index contributed by atoms with van der Waals surface area (Å²) in [6, 6.07) is 12.4. The van der Waals surface area contributed by atoms with Crippen molar-refractivity contribution in [3.05, 3.63) is 58.9 Å². The molecular formula is C15H13ClFNO. The highest BCUT2D eigenvalue weighted by atomic mass is 35.5. The minimum atomic E-state index is -0.329. The lowest BCUT2D eigenvalue weighted by Crippen LogP contribution is -2.14. The topological polar surface area (TPSA) is 21.3 Å². The van der Waals surface area contributed by atoms with Gasteiger partial charge in [-0.05, 0) is 24.3 Å². The quantitative estimate of drug-likeness (QED) is 0.913. The summed E-state index contributed by atoms with van der Waals surface area (Å²) in [5.74, 6) is 0.905. The minimum Gasteiger partial charge on any atom is -0.493 e. The van der Waals surface area contributed by atoms with Crippen molar-refractivity contribution in [2.75, 3.05) is 18.5 Å². The van der Waals surface area contributed by atoms with Crippen LogP contribution in [0.3, 0.4) is 0 Å². The Bertz CT molecular complexity index is 602. The smallest absolute Gasteiger partial charge is 0.124 e. The fraction of sp³-hybridized carbons (Fsp3) is 0.200. The van der Waals surface area contributed by atoms with Gasteiger partial charge < -0.3 is 10.1 Å². The second-order valence-electron chi connectivity index (χ2n) is 4.55. The van der Waals surface area contributed by atoms with Gasteiger partial charge in [0.2, 0.25) is 0 Å². The van der Waals surface area contributed by atoms with Crippen molar-refractivity contribution in [3.63, 3.8) is 0 Å². The Morgan fingerprint density at radius 3 is 2.95 bits per heavy atom. The molecule has 1 atom stereocenters. The third-order valence-electron chi connectivity index (χ3n) is 3.27. The first kappa shape index (κ1) is 12.3. The van der Waals surface area contributed by atoms with E-state index in [1.54, 1.807) is 6.07 Å². The molecule has 19 heavy (non-hydrogen) atoms. The van der Waals surface area contributed by atoms with Crippen molar-refractivity contribution in [1.29, 1.82) is 0 Å². The van der Waals surface area contributed by atoms with Gasteiger partial charge in [-0.1, -0.05) is 29.8 Å². The van der Waals surface area contributed by atoms with Crippen LogP contribution in [-0.2, 0) is 0 Å². The number of anilines is 1. The number of halogens is 2. The van der Waals surface area contributed by atoms with E-state index in [0.29, 0.717) is 18.2 Å². The summed E-state index contributed by atoms with van der Waals surface area (Å²) in [5.41, 5.74) is 1.95. The zero-order chi connectivity index (χ0) is 13.2. The monoisotopic (exact) mass is 277 g/mol. The SMILES string of the molecule is Fc1ccc(NCC2COc3ccccc32)c(Cl)c1. The van der Waals surface area contributed by atoms with E-state index in [2.05, 4.69) is 11.4 Å². The number of nitrogens with one attached hydrogen (secondary N) is 1. The van der Waals surface area contributed by atoms with E-state index >= 15 is 0 Å². The van der Waals surface area contributed by atoms with Crippen LogP contribution in [0.1, 0.15) is 11.5 Å². The first-order valence-electron chi connectivity index (χ1n) is 6.14. The highest BCUT2D eigenvalue weighted by molar-refractivity contribution is 6.33. The Balaban J connectivity index is 1.71. The summed E-state index contributed by atoms with van der Waals surface area (Å²) >= 11 is 5.98. The maximum Gasteiger partial charge on any atom is 0.124 e. The highest BCUT2D eigenvalue weighted by Crippen LogP contribution is 2.34. The largest absolute Gasteiger partial charge is 0.493 e. The maximum absolute atomic E-state index is 13.0. The number of rotatable bonds is 3. The van der Waals surface area contributed by atoms with Crippen molar-refractivity contribution in [2.45, 2.75) is 5.92 Å². The summed E-state index contributed by atoms with van der Waals surface area (Å²) in [6.07, 6.45) is 0. The number of fused-ring (bicyclic) bond motifs is 1. The molecule has 0 radical (unpaired) electrons. The molecule has 2 aromatic carbocycles. The number of benzene rings is 2. The second kappa shape index (κ2) is 5.10. The molecule has 1 aliphatic heterocycles. The maximum atomic E-state index is 13.0. The highest BCUT2D eigenvalue weighted by Gasteiger charge is 2.23. The Labute approximate surface area is 116 Å². The van der Waals surface area contributed by atoms with Gasteiger partial charge in [-0.15, -0.1) is 0 Å². The molecule has 0 aromatic heterocycles. The van der Waals surface area contributed by atoms with E-state index < -0.39 is 0 Å². The third-order valence-corrected chi connectivity index (χ3v) is 3.58. The molecule has 0 amide bonds. The van der Waals surface area contributed by atoms with Crippen LogP contribution in [0.5, 0.6) is 5.75 Å². The van der Waals surface area contributed by atoms with Crippen LogP contribution in [0.2, 0.25) is 5.02 Å². The van der Waals surface area contributed by atoms with Gasteiger partial charge >= 0.3 is 0 Å². The first-order chi connectivity index (χ1) is 9.24. The molecule has 1 N–H and O–H groups in total. The van der Waals surface area contributed by atoms with Crippen molar-refractivity contribution >= 4 is 17.3 Å². The predicted octanol–water partition coefficient (Wildman–Crippen LogP) is 4.07. The third kappa shape index (κ3) is 2.51. The summed E-state index contributed by atoms with van der Waals surface area (Å²) in [4.78, 5) is 0. The summed E-state index contributed by atoms with van der Waals surface area (Å²) in [7, 11) is 0. The van der Waals surface area contributed by atoms with Crippen molar-refractivity contribution in [1.82, 2.24) is 0 Å². The summed E-state index contributed by atoms with van der Waals surface area (Å²) in [6.45, 7) is 1.37. The molecule has 0 saturated heterocycles. The lowest BCUT2D eigenvalue weighted by Gasteiger charge is -2.12. The summed E-state index contributed by atoms with van der Waals surface area (Å²) < 4.78 is 18.6. The molecule has 0 bridgehead atoms. The number of ether oxygens (including phenoxy) is 1. The van der Waals surface area contributed by atoms with E-state index in [-0.39, 0.29) is 11.7 Å². The fourth-order valence-corrected chi connectivity index (χ4v) is 2.50. The molecule has 1 unspecified atom stereocenters. The Hall–Kier alpha value is -1.74. The van der Waals surface area contributed by atoms with E-state index in [4.69, 9.17) is 16.3 Å². The van der Waals surface area contributed by atoms with Crippen LogP contribution in [0.15, 0.2) is 42.5 Å². The molecule has 98 valence electrons. The lowest BCUT2D eigenvalue weighted by atomic mass is 10.0. The normalized spacial score (nSPS) is 16.8. The molecule has 0 fully saturated rings. The van der Waals surface area contributed by atoms with Gasteiger partial charge in [0.15, 0.2) is 0 Å². The average molecular weight is 278 g/mol. The van der Waals surface area contributed by atoms with Crippen LogP contribution in [0, 0.1) is 5.82 Å². The van der Waals surface area contributed by atoms with Gasteiger partial charge in [0.05, 0.1) is 17.3 Å². The lowest BCUT2D eigenvalue weighted by molar-refractivity contribution is 0.334. The van der Waals surface area contributed by atoms with Crippen molar-refractivity contribution in [2.24, 2.45) is 0 Å².